The van der Waals surface area contributed by atoms with Crippen LogP contribution in [0, 0.1) is 6.61 Å². The van der Waals surface area contributed by atoms with Gasteiger partial charge in [0.15, 0.2) is 5.72 Å². The molecule has 6 heteroatoms. The molecule has 1 radical (unpaired) electrons. The number of nitrogens with two attached hydrogens (primary N) is 1. The highest BCUT2D eigenvalue weighted by molar-refractivity contribution is 4.99. The van der Waals surface area contributed by atoms with Crippen molar-refractivity contribution in [3.63, 3.8) is 0 Å². The second kappa shape index (κ2) is 3.25. The standard InChI is InChI=1S/C6H12NO5/c7-6(11)2-12-3(1-8)4(9)5(6)10/h2-5,8-11H,1,7H2/t3-,4-,5+,6+/m1/s1. The van der Waals surface area contributed by atoms with Gasteiger partial charge in [-0.1, -0.05) is 0 Å². The molecule has 12 heavy (non-hydrogen) atoms. The molecule has 0 bridgehead atoms. The molecule has 4 atom stereocenters. The van der Waals surface area contributed by atoms with Crippen LogP contribution in [0.2, 0.25) is 0 Å². The van der Waals surface area contributed by atoms with Gasteiger partial charge in [-0.15, -0.1) is 0 Å². The minimum atomic E-state index is -2.06. The van der Waals surface area contributed by atoms with Crippen molar-refractivity contribution in [3.05, 3.63) is 6.61 Å². The fourth-order valence-electron chi connectivity index (χ4n) is 0.974. The summed E-state index contributed by atoms with van der Waals surface area (Å²) in [5, 5.41) is 36.1. The van der Waals surface area contributed by atoms with E-state index in [-0.39, 0.29) is 0 Å². The van der Waals surface area contributed by atoms with Crippen molar-refractivity contribution in [1.29, 1.82) is 0 Å². The van der Waals surface area contributed by atoms with Crippen LogP contribution in [0.1, 0.15) is 0 Å². The van der Waals surface area contributed by atoms with E-state index in [1.54, 1.807) is 0 Å². The van der Waals surface area contributed by atoms with E-state index in [4.69, 9.17) is 21.1 Å². The van der Waals surface area contributed by atoms with Crippen molar-refractivity contribution >= 4 is 0 Å². The summed E-state index contributed by atoms with van der Waals surface area (Å²) < 4.78 is 4.67. The van der Waals surface area contributed by atoms with Gasteiger partial charge in [-0.05, 0) is 0 Å². The molecular weight excluding hydrogens is 166 g/mol. The normalized spacial score (nSPS) is 49.2. The molecule has 6 N–H and O–H groups in total. The van der Waals surface area contributed by atoms with Crippen molar-refractivity contribution < 1.29 is 25.2 Å². The van der Waals surface area contributed by atoms with Crippen LogP contribution >= 0.6 is 0 Å². The quantitative estimate of drug-likeness (QED) is 0.272. The molecule has 1 heterocycles. The summed E-state index contributed by atoms with van der Waals surface area (Å²) in [6.07, 6.45) is -3.89. The topological polar surface area (TPSA) is 116 Å². The Bertz CT molecular complexity index is 162. The molecule has 1 aliphatic heterocycles. The first-order chi connectivity index (χ1) is 5.49. The maximum Gasteiger partial charge on any atom is 0.171 e. The fraction of sp³-hybridized carbons (Fsp3) is 0.833. The number of ether oxygens (including phenoxy) is 1. The van der Waals surface area contributed by atoms with Crippen molar-refractivity contribution in [2.24, 2.45) is 5.73 Å². The second-order valence-electron chi connectivity index (χ2n) is 2.80. The molecular formula is C6H12NO5. The average Bonchev–Trinajstić information content (AvgIpc) is 2.01. The second-order valence-corrected chi connectivity index (χ2v) is 2.80. The molecule has 0 aromatic carbocycles. The lowest BCUT2D eigenvalue weighted by molar-refractivity contribution is -0.210. The summed E-state index contributed by atoms with van der Waals surface area (Å²) in [7, 11) is 0. The van der Waals surface area contributed by atoms with Crippen LogP contribution in [-0.4, -0.2) is 51.1 Å². The van der Waals surface area contributed by atoms with Gasteiger partial charge in [-0.3, -0.25) is 5.73 Å². The third kappa shape index (κ3) is 1.58. The Hall–Kier alpha value is -0.240. The smallest absolute Gasteiger partial charge is 0.171 e. The number of rotatable bonds is 1. The van der Waals surface area contributed by atoms with Crippen LogP contribution in [0.15, 0.2) is 0 Å². The number of aliphatic hydroxyl groups is 4. The van der Waals surface area contributed by atoms with Crippen LogP contribution in [-0.2, 0) is 4.74 Å². The Balaban J connectivity index is 2.65. The van der Waals surface area contributed by atoms with E-state index in [9.17, 15) is 5.11 Å². The zero-order valence-corrected chi connectivity index (χ0v) is 6.29. The fourth-order valence-corrected chi connectivity index (χ4v) is 0.974. The van der Waals surface area contributed by atoms with Gasteiger partial charge in [0.1, 0.15) is 24.9 Å². The summed E-state index contributed by atoms with van der Waals surface area (Å²) in [6, 6.07) is 0. The summed E-state index contributed by atoms with van der Waals surface area (Å²) in [6.45, 7) is 0.343. The summed E-state index contributed by atoms with van der Waals surface area (Å²) >= 11 is 0. The van der Waals surface area contributed by atoms with Gasteiger partial charge in [0.2, 0.25) is 0 Å². The van der Waals surface area contributed by atoms with Gasteiger partial charge in [0, 0.05) is 0 Å². The average molecular weight is 178 g/mol. The number of aliphatic hydroxyl groups excluding tert-OH is 3. The van der Waals surface area contributed by atoms with Gasteiger partial charge in [-0.2, -0.15) is 0 Å². The molecule has 0 aliphatic carbocycles. The zero-order chi connectivity index (χ0) is 9.35. The van der Waals surface area contributed by atoms with Crippen molar-refractivity contribution in [2.45, 2.75) is 24.0 Å². The number of hydrogen-bond donors (Lipinski definition) is 5. The van der Waals surface area contributed by atoms with E-state index < -0.39 is 30.6 Å². The highest BCUT2D eigenvalue weighted by atomic mass is 16.5. The molecule has 0 amide bonds. The summed E-state index contributed by atoms with van der Waals surface area (Å²) in [5.74, 6) is 0. The zero-order valence-electron chi connectivity index (χ0n) is 6.29. The van der Waals surface area contributed by atoms with Gasteiger partial charge in [0.05, 0.1) is 6.61 Å². The third-order valence-corrected chi connectivity index (χ3v) is 1.79. The highest BCUT2D eigenvalue weighted by Gasteiger charge is 2.46. The predicted octanol–water partition coefficient (Wildman–Crippen LogP) is -3.09. The largest absolute Gasteiger partial charge is 0.394 e. The first kappa shape index (κ1) is 9.85. The SMILES string of the molecule is N[C@]1(O)[CH]O[C@H](CO)[C@@H](O)[C@@H]1O. The van der Waals surface area contributed by atoms with Crippen molar-refractivity contribution in [3.8, 4) is 0 Å². The summed E-state index contributed by atoms with van der Waals surface area (Å²) in [4.78, 5) is 0. The molecule has 0 aromatic heterocycles. The molecule has 1 saturated heterocycles. The lowest BCUT2D eigenvalue weighted by Gasteiger charge is -2.39. The molecule has 1 aliphatic rings. The van der Waals surface area contributed by atoms with Gasteiger partial charge >= 0.3 is 0 Å². The number of hydrogen-bond acceptors (Lipinski definition) is 6. The molecule has 0 spiro atoms. The van der Waals surface area contributed by atoms with Gasteiger partial charge in [0.25, 0.3) is 0 Å². The van der Waals surface area contributed by atoms with Crippen LogP contribution in [0.5, 0.6) is 0 Å². The van der Waals surface area contributed by atoms with Crippen LogP contribution in [0.4, 0.5) is 0 Å². The van der Waals surface area contributed by atoms with E-state index in [2.05, 4.69) is 4.74 Å². The molecule has 1 rings (SSSR count). The van der Waals surface area contributed by atoms with Crippen LogP contribution < -0.4 is 5.73 Å². The van der Waals surface area contributed by atoms with Crippen molar-refractivity contribution in [2.75, 3.05) is 6.61 Å². The van der Waals surface area contributed by atoms with Gasteiger partial charge < -0.3 is 25.2 Å². The maximum absolute atomic E-state index is 9.18. The van der Waals surface area contributed by atoms with E-state index in [1.807, 2.05) is 0 Å². The Morgan fingerprint density at radius 3 is 2.58 bits per heavy atom. The molecule has 6 nitrogen and oxygen atoms in total. The lowest BCUT2D eigenvalue weighted by Crippen LogP contribution is -2.64. The Kier molecular flexibility index (Phi) is 2.67. The van der Waals surface area contributed by atoms with E-state index in [0.717, 1.165) is 6.61 Å². The predicted molar refractivity (Wildman–Crippen MR) is 37.4 cm³/mol. The van der Waals surface area contributed by atoms with E-state index in [0.29, 0.717) is 0 Å². The van der Waals surface area contributed by atoms with Crippen LogP contribution in [0.25, 0.3) is 0 Å². The molecule has 0 aromatic rings. The molecule has 1 fully saturated rings. The monoisotopic (exact) mass is 178 g/mol. The van der Waals surface area contributed by atoms with Gasteiger partial charge in [-0.25, -0.2) is 0 Å². The Labute approximate surface area is 69.2 Å². The Morgan fingerprint density at radius 2 is 2.08 bits per heavy atom. The Morgan fingerprint density at radius 1 is 1.50 bits per heavy atom. The first-order valence-corrected chi connectivity index (χ1v) is 3.47. The summed E-state index contributed by atoms with van der Waals surface area (Å²) in [5.41, 5.74) is 3.05. The maximum atomic E-state index is 9.18. The lowest BCUT2D eigenvalue weighted by atomic mass is 9.96. The minimum Gasteiger partial charge on any atom is -0.394 e. The molecule has 71 valence electrons. The van der Waals surface area contributed by atoms with E-state index in [1.165, 1.54) is 0 Å². The molecule has 0 saturated carbocycles. The van der Waals surface area contributed by atoms with Crippen molar-refractivity contribution in [1.82, 2.24) is 0 Å². The third-order valence-electron chi connectivity index (χ3n) is 1.79. The molecule has 0 unspecified atom stereocenters. The minimum absolute atomic E-state index is 0.454. The van der Waals surface area contributed by atoms with E-state index >= 15 is 0 Å². The first-order valence-electron chi connectivity index (χ1n) is 3.47. The highest BCUT2D eigenvalue weighted by Crippen LogP contribution is 2.22. The van der Waals surface area contributed by atoms with Crippen LogP contribution in [0.3, 0.4) is 0 Å².